The zero-order valence-corrected chi connectivity index (χ0v) is 18.4. The summed E-state index contributed by atoms with van der Waals surface area (Å²) < 4.78 is 0. The van der Waals surface area contributed by atoms with Crippen LogP contribution < -0.4 is 5.32 Å². The highest BCUT2D eigenvalue weighted by Gasteiger charge is 2.15. The molecule has 1 N–H and O–H groups in total. The lowest BCUT2D eigenvalue weighted by Crippen LogP contribution is -2.39. The minimum absolute atomic E-state index is 0.0651. The maximum atomic E-state index is 12.7. The Hall–Kier alpha value is -1.59. The van der Waals surface area contributed by atoms with Crippen LogP contribution in [0.25, 0.3) is 0 Å². The predicted molar refractivity (Wildman–Crippen MR) is 119 cm³/mol. The number of likely N-dealkylation sites (N-methyl/N-ethyl adjacent to an activating group) is 1. The van der Waals surface area contributed by atoms with Gasteiger partial charge in [-0.25, -0.2) is 0 Å². The standard InChI is InChI=1S/C22H29Cl2N3O/c1-4-26(5-2)13-14-27(15-18-9-11-19(23)12-10-18)16-21(28)25-22-17(3)7-6-8-20(22)24/h6-12H,4-5,13-16H2,1-3H3,(H,25,28). The molecule has 0 spiro atoms. The fourth-order valence-electron chi connectivity index (χ4n) is 3.06. The number of hydrogen-bond acceptors (Lipinski definition) is 3. The minimum atomic E-state index is -0.0651. The van der Waals surface area contributed by atoms with Crippen molar-refractivity contribution in [1.29, 1.82) is 0 Å². The van der Waals surface area contributed by atoms with Gasteiger partial charge in [0.25, 0.3) is 0 Å². The first-order chi connectivity index (χ1) is 13.4. The number of nitrogens with one attached hydrogen (secondary N) is 1. The van der Waals surface area contributed by atoms with Crippen molar-refractivity contribution in [1.82, 2.24) is 9.80 Å². The normalized spacial score (nSPS) is 11.2. The van der Waals surface area contributed by atoms with Gasteiger partial charge in [-0.2, -0.15) is 0 Å². The molecular weight excluding hydrogens is 393 g/mol. The third kappa shape index (κ3) is 7.10. The van der Waals surface area contributed by atoms with Gasteiger partial charge in [0.2, 0.25) is 5.91 Å². The van der Waals surface area contributed by atoms with Gasteiger partial charge in [-0.1, -0.05) is 61.3 Å². The Balaban J connectivity index is 2.06. The van der Waals surface area contributed by atoms with Crippen LogP contribution in [0.1, 0.15) is 25.0 Å². The Morgan fingerprint density at radius 1 is 0.964 bits per heavy atom. The SMILES string of the molecule is CCN(CC)CCN(CC(=O)Nc1c(C)cccc1Cl)Cc1ccc(Cl)cc1. The van der Waals surface area contributed by atoms with Crippen LogP contribution in [0, 0.1) is 6.92 Å². The van der Waals surface area contributed by atoms with Crippen molar-refractivity contribution in [3.8, 4) is 0 Å². The topological polar surface area (TPSA) is 35.6 Å². The first kappa shape index (κ1) is 22.7. The van der Waals surface area contributed by atoms with E-state index in [1.54, 1.807) is 6.07 Å². The summed E-state index contributed by atoms with van der Waals surface area (Å²) >= 11 is 12.2. The molecule has 0 aliphatic rings. The van der Waals surface area contributed by atoms with Crippen molar-refractivity contribution in [2.24, 2.45) is 0 Å². The Kier molecular flexibility index (Phi) is 9.26. The molecule has 0 fully saturated rings. The Morgan fingerprint density at radius 3 is 2.21 bits per heavy atom. The second-order valence-corrected chi connectivity index (χ2v) is 7.69. The van der Waals surface area contributed by atoms with Crippen molar-refractivity contribution < 1.29 is 4.79 Å². The van der Waals surface area contributed by atoms with E-state index in [4.69, 9.17) is 23.2 Å². The molecule has 0 radical (unpaired) electrons. The van der Waals surface area contributed by atoms with Gasteiger partial charge in [-0.3, -0.25) is 9.69 Å². The second-order valence-electron chi connectivity index (χ2n) is 6.84. The van der Waals surface area contributed by atoms with Crippen LogP contribution >= 0.6 is 23.2 Å². The second kappa shape index (κ2) is 11.4. The molecule has 4 nitrogen and oxygen atoms in total. The molecule has 152 valence electrons. The van der Waals surface area contributed by atoms with E-state index in [9.17, 15) is 4.79 Å². The highest BCUT2D eigenvalue weighted by molar-refractivity contribution is 6.34. The van der Waals surface area contributed by atoms with E-state index in [0.717, 1.165) is 37.3 Å². The average Bonchev–Trinajstić information content (AvgIpc) is 2.67. The van der Waals surface area contributed by atoms with Crippen LogP contribution in [0.3, 0.4) is 0 Å². The number of para-hydroxylation sites is 1. The summed E-state index contributed by atoms with van der Waals surface area (Å²) in [5.41, 5.74) is 2.77. The number of nitrogens with zero attached hydrogens (tertiary/aromatic N) is 2. The van der Waals surface area contributed by atoms with Gasteiger partial charge in [0.1, 0.15) is 0 Å². The Morgan fingerprint density at radius 2 is 1.61 bits per heavy atom. The first-order valence-corrected chi connectivity index (χ1v) is 10.4. The first-order valence-electron chi connectivity index (χ1n) is 9.67. The number of amides is 1. The zero-order valence-electron chi connectivity index (χ0n) is 16.8. The van der Waals surface area contributed by atoms with Crippen LogP contribution in [0.2, 0.25) is 10.0 Å². The van der Waals surface area contributed by atoms with Crippen molar-refractivity contribution >= 4 is 34.8 Å². The molecule has 28 heavy (non-hydrogen) atoms. The molecule has 2 aromatic rings. The van der Waals surface area contributed by atoms with Gasteiger partial charge in [0.05, 0.1) is 17.3 Å². The number of rotatable bonds is 10. The summed E-state index contributed by atoms with van der Waals surface area (Å²) in [5, 5.41) is 4.24. The predicted octanol–water partition coefficient (Wildman–Crippen LogP) is 5.08. The molecule has 2 rings (SSSR count). The molecule has 0 saturated carbocycles. The van der Waals surface area contributed by atoms with Crippen molar-refractivity contribution in [3.63, 3.8) is 0 Å². The van der Waals surface area contributed by atoms with Gasteiger partial charge in [0, 0.05) is 24.7 Å². The van der Waals surface area contributed by atoms with Crippen LogP contribution in [0.5, 0.6) is 0 Å². The van der Waals surface area contributed by atoms with E-state index in [1.165, 1.54) is 0 Å². The Labute approximate surface area is 178 Å². The summed E-state index contributed by atoms with van der Waals surface area (Å²) in [5.74, 6) is -0.0651. The molecule has 0 bridgehead atoms. The fraction of sp³-hybridized carbons (Fsp3) is 0.409. The lowest BCUT2D eigenvalue weighted by Gasteiger charge is -2.26. The van der Waals surface area contributed by atoms with Crippen molar-refractivity contribution in [2.75, 3.05) is 38.0 Å². The van der Waals surface area contributed by atoms with Crippen LogP contribution in [0.4, 0.5) is 5.69 Å². The van der Waals surface area contributed by atoms with Crippen LogP contribution in [0.15, 0.2) is 42.5 Å². The highest BCUT2D eigenvalue weighted by Crippen LogP contribution is 2.25. The lowest BCUT2D eigenvalue weighted by molar-refractivity contribution is -0.117. The molecule has 0 aliphatic heterocycles. The Bertz CT molecular complexity index is 741. The number of carbonyl (C=O) groups is 1. The van der Waals surface area contributed by atoms with Crippen molar-refractivity contribution in [3.05, 3.63) is 63.6 Å². The summed E-state index contributed by atoms with van der Waals surface area (Å²) in [6, 6.07) is 13.4. The van der Waals surface area contributed by atoms with Gasteiger partial charge in [-0.05, 0) is 49.3 Å². The summed E-state index contributed by atoms with van der Waals surface area (Å²) in [6.07, 6.45) is 0. The van der Waals surface area contributed by atoms with E-state index >= 15 is 0 Å². The molecule has 0 aliphatic carbocycles. The molecular formula is C22H29Cl2N3O. The highest BCUT2D eigenvalue weighted by atomic mass is 35.5. The molecule has 0 heterocycles. The molecule has 0 atom stereocenters. The number of anilines is 1. The van der Waals surface area contributed by atoms with E-state index in [-0.39, 0.29) is 5.91 Å². The quantitative estimate of drug-likeness (QED) is 0.580. The molecule has 0 unspecified atom stereocenters. The number of aryl methyl sites for hydroxylation is 1. The smallest absolute Gasteiger partial charge is 0.238 e. The van der Waals surface area contributed by atoms with Gasteiger partial charge >= 0.3 is 0 Å². The monoisotopic (exact) mass is 421 g/mol. The third-order valence-corrected chi connectivity index (χ3v) is 5.37. The fourth-order valence-corrected chi connectivity index (χ4v) is 3.45. The third-order valence-electron chi connectivity index (χ3n) is 4.80. The van der Waals surface area contributed by atoms with Crippen LogP contribution in [-0.2, 0) is 11.3 Å². The number of benzene rings is 2. The van der Waals surface area contributed by atoms with E-state index < -0.39 is 0 Å². The number of hydrogen-bond donors (Lipinski definition) is 1. The average molecular weight is 422 g/mol. The largest absolute Gasteiger partial charge is 0.323 e. The summed E-state index contributed by atoms with van der Waals surface area (Å²) in [7, 11) is 0. The summed E-state index contributed by atoms with van der Waals surface area (Å²) in [6.45, 7) is 10.9. The zero-order chi connectivity index (χ0) is 20.5. The molecule has 0 aromatic heterocycles. The molecule has 2 aromatic carbocycles. The minimum Gasteiger partial charge on any atom is -0.323 e. The molecule has 6 heteroatoms. The van der Waals surface area contributed by atoms with E-state index in [2.05, 4.69) is 29.0 Å². The molecule has 0 saturated heterocycles. The van der Waals surface area contributed by atoms with Gasteiger partial charge in [-0.15, -0.1) is 0 Å². The number of carbonyl (C=O) groups excluding carboxylic acids is 1. The molecule has 1 amide bonds. The van der Waals surface area contributed by atoms with Crippen LogP contribution in [-0.4, -0.2) is 48.4 Å². The maximum absolute atomic E-state index is 12.7. The van der Waals surface area contributed by atoms with E-state index in [1.807, 2.05) is 43.3 Å². The lowest BCUT2D eigenvalue weighted by atomic mass is 10.2. The van der Waals surface area contributed by atoms with E-state index in [0.29, 0.717) is 28.8 Å². The maximum Gasteiger partial charge on any atom is 0.238 e. The van der Waals surface area contributed by atoms with Gasteiger partial charge in [0.15, 0.2) is 0 Å². The number of halogens is 2. The summed E-state index contributed by atoms with van der Waals surface area (Å²) in [4.78, 5) is 17.2. The van der Waals surface area contributed by atoms with Crippen molar-refractivity contribution in [2.45, 2.75) is 27.3 Å². The van der Waals surface area contributed by atoms with Gasteiger partial charge < -0.3 is 10.2 Å².